The zero-order valence-corrected chi connectivity index (χ0v) is 18.8. The number of halogens is 1. The van der Waals surface area contributed by atoms with Crippen LogP contribution in [-0.2, 0) is 14.3 Å². The van der Waals surface area contributed by atoms with Crippen molar-refractivity contribution < 1.29 is 23.5 Å². The van der Waals surface area contributed by atoms with Crippen LogP contribution in [0.4, 0.5) is 4.39 Å². The molecule has 9 heteroatoms. The highest BCUT2D eigenvalue weighted by molar-refractivity contribution is 7.07. The number of rotatable bonds is 4. The fraction of sp³-hybridized carbons (Fsp3) is 0.167. The fourth-order valence-electron chi connectivity index (χ4n) is 3.60. The van der Waals surface area contributed by atoms with Crippen LogP contribution in [0, 0.1) is 5.82 Å². The molecule has 0 amide bonds. The van der Waals surface area contributed by atoms with E-state index in [2.05, 4.69) is 4.99 Å². The van der Waals surface area contributed by atoms with Gasteiger partial charge in [0, 0.05) is 6.92 Å². The second-order valence-electron chi connectivity index (χ2n) is 7.29. The van der Waals surface area contributed by atoms with E-state index in [1.54, 1.807) is 49.4 Å². The van der Waals surface area contributed by atoms with Crippen molar-refractivity contribution in [3.05, 3.63) is 96.4 Å². The van der Waals surface area contributed by atoms with Gasteiger partial charge in [0.1, 0.15) is 11.6 Å². The number of thiazole rings is 1. The highest BCUT2D eigenvalue weighted by Crippen LogP contribution is 2.31. The Kier molecular flexibility index (Phi) is 6.06. The molecule has 0 saturated heterocycles. The van der Waals surface area contributed by atoms with Crippen LogP contribution < -0.4 is 19.6 Å². The molecule has 0 spiro atoms. The summed E-state index contributed by atoms with van der Waals surface area (Å²) in [4.78, 5) is 42.2. The lowest BCUT2D eigenvalue weighted by atomic mass is 9.96. The van der Waals surface area contributed by atoms with Gasteiger partial charge in [0.2, 0.25) is 0 Å². The summed E-state index contributed by atoms with van der Waals surface area (Å²) in [5.41, 5.74) is 1.61. The lowest BCUT2D eigenvalue weighted by molar-refractivity contribution is -0.136. The summed E-state index contributed by atoms with van der Waals surface area (Å²) in [6, 6.07) is 11.5. The molecule has 1 aliphatic heterocycles. The summed E-state index contributed by atoms with van der Waals surface area (Å²) in [7, 11) is 1.27. The summed E-state index contributed by atoms with van der Waals surface area (Å²) in [5, 5.41) is 0. The molecule has 3 aromatic rings. The van der Waals surface area contributed by atoms with E-state index in [0.717, 1.165) is 0 Å². The minimum Gasteiger partial charge on any atom is -0.466 e. The summed E-state index contributed by atoms with van der Waals surface area (Å²) in [6.45, 7) is 2.98. The van der Waals surface area contributed by atoms with Gasteiger partial charge in [0.25, 0.3) is 5.56 Å². The molecule has 1 atom stereocenters. The third-order valence-corrected chi connectivity index (χ3v) is 6.04. The first-order valence-electron chi connectivity index (χ1n) is 9.93. The Morgan fingerprint density at radius 3 is 2.39 bits per heavy atom. The average molecular weight is 466 g/mol. The highest BCUT2D eigenvalue weighted by Gasteiger charge is 2.33. The molecule has 1 aromatic heterocycles. The van der Waals surface area contributed by atoms with Crippen molar-refractivity contribution in [3.63, 3.8) is 0 Å². The second-order valence-corrected chi connectivity index (χ2v) is 8.30. The molecule has 4 rings (SSSR count). The Labute approximate surface area is 191 Å². The number of carbonyl (C=O) groups excluding carboxylic acids is 2. The molecule has 0 unspecified atom stereocenters. The van der Waals surface area contributed by atoms with Crippen molar-refractivity contribution >= 4 is 29.4 Å². The van der Waals surface area contributed by atoms with Crippen molar-refractivity contribution in [1.29, 1.82) is 0 Å². The van der Waals surface area contributed by atoms with Crippen molar-refractivity contribution in [1.82, 2.24) is 4.57 Å². The molecule has 33 heavy (non-hydrogen) atoms. The van der Waals surface area contributed by atoms with Crippen LogP contribution in [0.3, 0.4) is 0 Å². The SMILES string of the molecule is COC(=O)C1=C(C)N=c2sc(=Cc3ccc(F)cc3)c(=O)n2[C@H]1c1ccc(OC(C)=O)cc1. The summed E-state index contributed by atoms with van der Waals surface area (Å²) >= 11 is 1.17. The molecule has 0 fully saturated rings. The largest absolute Gasteiger partial charge is 0.466 e. The first kappa shape index (κ1) is 22.3. The van der Waals surface area contributed by atoms with E-state index in [-0.39, 0.29) is 16.9 Å². The fourth-order valence-corrected chi connectivity index (χ4v) is 4.65. The van der Waals surface area contributed by atoms with Crippen LogP contribution >= 0.6 is 11.3 Å². The van der Waals surface area contributed by atoms with Crippen molar-refractivity contribution in [3.8, 4) is 5.75 Å². The van der Waals surface area contributed by atoms with E-state index in [9.17, 15) is 18.8 Å². The third-order valence-electron chi connectivity index (χ3n) is 5.05. The minimum absolute atomic E-state index is 0.235. The van der Waals surface area contributed by atoms with Crippen molar-refractivity contribution in [2.24, 2.45) is 4.99 Å². The van der Waals surface area contributed by atoms with Crippen LogP contribution in [-0.4, -0.2) is 23.6 Å². The quantitative estimate of drug-likeness (QED) is 0.436. The smallest absolute Gasteiger partial charge is 0.338 e. The van der Waals surface area contributed by atoms with Gasteiger partial charge >= 0.3 is 11.9 Å². The first-order chi connectivity index (χ1) is 15.8. The number of benzene rings is 2. The molecule has 0 bridgehead atoms. The van der Waals surface area contributed by atoms with Gasteiger partial charge in [0.05, 0.1) is 29.0 Å². The van der Waals surface area contributed by atoms with Crippen LogP contribution in [0.25, 0.3) is 6.08 Å². The predicted octanol–water partition coefficient (Wildman–Crippen LogP) is 2.47. The van der Waals surface area contributed by atoms with E-state index >= 15 is 0 Å². The zero-order chi connectivity index (χ0) is 23.7. The second kappa shape index (κ2) is 8.95. The molecule has 0 N–H and O–H groups in total. The van der Waals surface area contributed by atoms with Crippen LogP contribution in [0.5, 0.6) is 5.75 Å². The van der Waals surface area contributed by atoms with Crippen LogP contribution in [0.1, 0.15) is 31.0 Å². The number of hydrogen-bond acceptors (Lipinski definition) is 7. The topological polar surface area (TPSA) is 87.0 Å². The van der Waals surface area contributed by atoms with E-state index in [0.29, 0.717) is 31.9 Å². The van der Waals surface area contributed by atoms with E-state index in [4.69, 9.17) is 9.47 Å². The molecule has 2 aromatic carbocycles. The van der Waals surface area contributed by atoms with Gasteiger partial charge in [-0.25, -0.2) is 14.2 Å². The normalized spacial score (nSPS) is 15.6. The predicted molar refractivity (Wildman–Crippen MR) is 120 cm³/mol. The number of allylic oxidation sites excluding steroid dienone is 1. The van der Waals surface area contributed by atoms with Crippen LogP contribution in [0.15, 0.2) is 69.6 Å². The van der Waals surface area contributed by atoms with E-state index in [1.165, 1.54) is 42.1 Å². The van der Waals surface area contributed by atoms with Gasteiger partial charge in [-0.1, -0.05) is 35.6 Å². The molecule has 0 radical (unpaired) electrons. The standard InChI is InChI=1S/C24H19FN2O5S/c1-13-20(23(30)31-3)21(16-6-10-18(11-7-16)32-14(2)28)27-22(29)19(33-24(27)26-13)12-15-4-8-17(25)9-5-15/h4-12,21H,1-3H3/t21-/m0/s1. The molecule has 0 saturated carbocycles. The average Bonchev–Trinajstić information content (AvgIpc) is 3.08. The number of methoxy groups -OCH3 is 1. The van der Waals surface area contributed by atoms with Crippen LogP contribution in [0.2, 0.25) is 0 Å². The minimum atomic E-state index is -0.782. The molecule has 1 aliphatic rings. The molecule has 7 nitrogen and oxygen atoms in total. The monoisotopic (exact) mass is 466 g/mol. The number of esters is 2. The number of aromatic nitrogens is 1. The molecule has 2 heterocycles. The van der Waals surface area contributed by atoms with Gasteiger partial charge in [-0.15, -0.1) is 0 Å². The van der Waals surface area contributed by atoms with Gasteiger partial charge in [-0.05, 0) is 48.4 Å². The molecular weight excluding hydrogens is 447 g/mol. The molecule has 0 aliphatic carbocycles. The van der Waals surface area contributed by atoms with Gasteiger partial charge in [0.15, 0.2) is 4.80 Å². The number of ether oxygens (including phenoxy) is 2. The summed E-state index contributed by atoms with van der Waals surface area (Å²) in [6.07, 6.45) is 1.65. The molecular formula is C24H19FN2O5S. The Morgan fingerprint density at radius 1 is 1.12 bits per heavy atom. The lowest BCUT2D eigenvalue weighted by Crippen LogP contribution is -2.39. The number of carbonyl (C=O) groups is 2. The Hall–Kier alpha value is -3.85. The number of fused-ring (bicyclic) bond motifs is 1. The van der Waals surface area contributed by atoms with Gasteiger partial charge < -0.3 is 9.47 Å². The van der Waals surface area contributed by atoms with Gasteiger partial charge in [-0.3, -0.25) is 14.2 Å². The zero-order valence-electron chi connectivity index (χ0n) is 18.0. The Balaban J connectivity index is 1.90. The van der Waals surface area contributed by atoms with E-state index in [1.807, 2.05) is 0 Å². The molecule has 168 valence electrons. The number of hydrogen-bond donors (Lipinski definition) is 0. The first-order valence-corrected chi connectivity index (χ1v) is 10.7. The third kappa shape index (κ3) is 4.40. The van der Waals surface area contributed by atoms with Gasteiger partial charge in [-0.2, -0.15) is 0 Å². The van der Waals surface area contributed by atoms with E-state index < -0.39 is 18.0 Å². The lowest BCUT2D eigenvalue weighted by Gasteiger charge is -2.24. The maximum atomic E-state index is 13.4. The van der Waals surface area contributed by atoms with Crippen molar-refractivity contribution in [2.45, 2.75) is 19.9 Å². The maximum absolute atomic E-state index is 13.4. The summed E-state index contributed by atoms with van der Waals surface area (Å²) < 4.78 is 25.1. The highest BCUT2D eigenvalue weighted by atomic mass is 32.1. The maximum Gasteiger partial charge on any atom is 0.338 e. The summed E-state index contributed by atoms with van der Waals surface area (Å²) in [5.74, 6) is -1.08. The van der Waals surface area contributed by atoms with Crippen molar-refractivity contribution in [2.75, 3.05) is 7.11 Å². The Bertz CT molecular complexity index is 1450. The Morgan fingerprint density at radius 2 is 1.79 bits per heavy atom. The number of nitrogens with zero attached hydrogens (tertiary/aromatic N) is 2.